The van der Waals surface area contributed by atoms with E-state index >= 15 is 0 Å². The van der Waals surface area contributed by atoms with E-state index in [1.54, 1.807) is 61.5 Å². The van der Waals surface area contributed by atoms with Crippen LogP contribution in [0.2, 0.25) is 0 Å². The number of Topliss-reactive ketones (excluding diaryl/α,β-unsaturated/α-hetero) is 1. The predicted molar refractivity (Wildman–Crippen MR) is 132 cm³/mol. The van der Waals surface area contributed by atoms with Gasteiger partial charge in [0.15, 0.2) is 5.78 Å². The molecule has 0 atom stereocenters. The Hall–Kier alpha value is -3.12. The lowest BCUT2D eigenvalue weighted by molar-refractivity contribution is -0.115. The molecule has 1 N–H and O–H groups in total. The average Bonchev–Trinajstić information content (AvgIpc) is 3.03. The summed E-state index contributed by atoms with van der Waals surface area (Å²) >= 11 is 0. The maximum atomic E-state index is 13.8. The van der Waals surface area contributed by atoms with Crippen LogP contribution in [0.5, 0.6) is 0 Å². The number of benzene rings is 2. The number of sulfonamides is 1. The van der Waals surface area contributed by atoms with Crippen molar-refractivity contribution in [2.75, 3.05) is 6.54 Å². The number of allylic oxidation sites excluding steroid dienone is 3. The Labute approximate surface area is 196 Å². The molecule has 2 aromatic carbocycles. The van der Waals surface area contributed by atoms with E-state index in [0.717, 1.165) is 17.6 Å². The molecule has 174 valence electrons. The number of carbonyl (C=O) groups excluding carboxylic acids is 1. The summed E-state index contributed by atoms with van der Waals surface area (Å²) in [5.41, 5.74) is 2.56. The fourth-order valence-electron chi connectivity index (χ4n) is 4.05. The van der Waals surface area contributed by atoms with Crippen LogP contribution in [-0.4, -0.2) is 30.2 Å². The summed E-state index contributed by atoms with van der Waals surface area (Å²) in [7, 11) is -3.96. The lowest BCUT2D eigenvalue weighted by Crippen LogP contribution is -2.34. The first-order valence-electron chi connectivity index (χ1n) is 11.3. The second-order valence-electron chi connectivity index (χ2n) is 8.16. The Bertz CT molecular complexity index is 1180. The molecular weight excluding hydrogens is 434 g/mol. The Balaban J connectivity index is 2.33. The van der Waals surface area contributed by atoms with Crippen LogP contribution in [0.1, 0.15) is 50.2 Å². The molecule has 3 rings (SSSR count). The number of aliphatic hydroxyl groups is 1. The third-order valence-corrected chi connectivity index (χ3v) is 7.61. The highest BCUT2D eigenvalue weighted by molar-refractivity contribution is 7.89. The zero-order valence-electron chi connectivity index (χ0n) is 19.3. The molecule has 0 spiro atoms. The molecule has 0 unspecified atom stereocenters. The SMILES string of the molecule is C=CCC1=C(C(C(=O)CC)=C(O)c2ccccc2)N(S(=O)(=O)c2ccc(C)cc2)CCCC1. The molecule has 1 aliphatic heterocycles. The van der Waals surface area contributed by atoms with Gasteiger partial charge in [-0.2, -0.15) is 0 Å². The van der Waals surface area contributed by atoms with Gasteiger partial charge in [-0.15, -0.1) is 6.58 Å². The second-order valence-corrected chi connectivity index (χ2v) is 10.0. The summed E-state index contributed by atoms with van der Waals surface area (Å²) in [4.78, 5) is 13.4. The highest BCUT2D eigenvalue weighted by Gasteiger charge is 2.35. The molecule has 5 nitrogen and oxygen atoms in total. The van der Waals surface area contributed by atoms with Gasteiger partial charge in [0.2, 0.25) is 0 Å². The molecule has 0 aliphatic carbocycles. The van der Waals surface area contributed by atoms with E-state index in [0.29, 0.717) is 30.5 Å². The molecule has 0 aromatic heterocycles. The highest BCUT2D eigenvalue weighted by Crippen LogP contribution is 2.37. The van der Waals surface area contributed by atoms with Crippen molar-refractivity contribution >= 4 is 21.6 Å². The maximum absolute atomic E-state index is 13.8. The minimum atomic E-state index is -3.96. The smallest absolute Gasteiger partial charge is 0.264 e. The zero-order chi connectivity index (χ0) is 24.0. The van der Waals surface area contributed by atoms with Crippen LogP contribution in [0.4, 0.5) is 0 Å². The lowest BCUT2D eigenvalue weighted by Gasteiger charge is -2.29. The molecule has 0 radical (unpaired) electrons. The largest absolute Gasteiger partial charge is 0.506 e. The second kappa shape index (κ2) is 10.7. The molecule has 0 saturated carbocycles. The van der Waals surface area contributed by atoms with Crippen LogP contribution in [0.25, 0.3) is 5.76 Å². The zero-order valence-corrected chi connectivity index (χ0v) is 20.1. The van der Waals surface area contributed by atoms with Crippen molar-refractivity contribution in [1.29, 1.82) is 0 Å². The van der Waals surface area contributed by atoms with Crippen molar-refractivity contribution < 1.29 is 18.3 Å². The van der Waals surface area contributed by atoms with Crippen molar-refractivity contribution in [2.45, 2.75) is 50.8 Å². The number of carbonyl (C=O) groups is 1. The maximum Gasteiger partial charge on any atom is 0.264 e. The Kier molecular flexibility index (Phi) is 7.92. The Morgan fingerprint density at radius 1 is 1.09 bits per heavy atom. The average molecular weight is 466 g/mol. The van der Waals surface area contributed by atoms with Crippen molar-refractivity contribution in [1.82, 2.24) is 4.31 Å². The normalized spacial score (nSPS) is 15.6. The quantitative estimate of drug-likeness (QED) is 0.297. The highest BCUT2D eigenvalue weighted by atomic mass is 32.2. The van der Waals surface area contributed by atoms with Gasteiger partial charge in [-0.25, -0.2) is 8.42 Å². The van der Waals surface area contributed by atoms with Gasteiger partial charge in [-0.1, -0.05) is 61.0 Å². The minimum absolute atomic E-state index is 0.0538. The van der Waals surface area contributed by atoms with Crippen LogP contribution in [0.15, 0.2) is 89.0 Å². The van der Waals surface area contributed by atoms with Crippen molar-refractivity contribution in [3.05, 3.63) is 95.2 Å². The Morgan fingerprint density at radius 3 is 2.36 bits per heavy atom. The molecule has 0 saturated heterocycles. The van der Waals surface area contributed by atoms with E-state index in [9.17, 15) is 18.3 Å². The number of hydrogen-bond acceptors (Lipinski definition) is 4. The molecule has 1 aliphatic rings. The number of ketones is 1. The van der Waals surface area contributed by atoms with Gasteiger partial charge in [-0.3, -0.25) is 9.10 Å². The molecule has 0 amide bonds. The molecule has 33 heavy (non-hydrogen) atoms. The third kappa shape index (κ3) is 5.28. The number of aryl methyl sites for hydroxylation is 1. The van der Waals surface area contributed by atoms with Crippen LogP contribution in [-0.2, 0) is 14.8 Å². The van der Waals surface area contributed by atoms with Crippen LogP contribution < -0.4 is 0 Å². The molecule has 0 bridgehead atoms. The number of aliphatic hydroxyl groups excluding tert-OH is 1. The third-order valence-electron chi connectivity index (χ3n) is 5.79. The van der Waals surface area contributed by atoms with Gasteiger partial charge in [-0.05, 0) is 50.3 Å². The van der Waals surface area contributed by atoms with Gasteiger partial charge in [0.05, 0.1) is 16.2 Å². The van der Waals surface area contributed by atoms with E-state index in [2.05, 4.69) is 6.58 Å². The van der Waals surface area contributed by atoms with Crippen LogP contribution in [0.3, 0.4) is 0 Å². The van der Waals surface area contributed by atoms with E-state index in [-0.39, 0.29) is 35.0 Å². The van der Waals surface area contributed by atoms with E-state index < -0.39 is 10.0 Å². The molecule has 2 aromatic rings. The summed E-state index contributed by atoms with van der Waals surface area (Å²) in [5.74, 6) is -0.510. The number of hydrogen-bond donors (Lipinski definition) is 1. The summed E-state index contributed by atoms with van der Waals surface area (Å²) in [6.07, 6.45) is 4.34. The first kappa shape index (κ1) is 24.5. The van der Waals surface area contributed by atoms with Gasteiger partial charge in [0, 0.05) is 18.5 Å². The van der Waals surface area contributed by atoms with E-state index in [1.807, 2.05) is 13.0 Å². The predicted octanol–water partition coefficient (Wildman–Crippen LogP) is 5.95. The summed E-state index contributed by atoms with van der Waals surface area (Å²) in [6, 6.07) is 15.5. The summed E-state index contributed by atoms with van der Waals surface area (Å²) < 4.78 is 29.0. The summed E-state index contributed by atoms with van der Waals surface area (Å²) in [5, 5.41) is 11.3. The van der Waals surface area contributed by atoms with Crippen LogP contribution >= 0.6 is 0 Å². The number of nitrogens with zero attached hydrogens (tertiary/aromatic N) is 1. The Morgan fingerprint density at radius 2 is 1.76 bits per heavy atom. The van der Waals surface area contributed by atoms with Crippen molar-refractivity contribution in [3.63, 3.8) is 0 Å². The van der Waals surface area contributed by atoms with Gasteiger partial charge < -0.3 is 5.11 Å². The fourth-order valence-corrected chi connectivity index (χ4v) is 5.61. The molecule has 6 heteroatoms. The van der Waals surface area contributed by atoms with Gasteiger partial charge in [0.1, 0.15) is 5.76 Å². The van der Waals surface area contributed by atoms with Gasteiger partial charge >= 0.3 is 0 Å². The van der Waals surface area contributed by atoms with Crippen molar-refractivity contribution in [3.8, 4) is 0 Å². The topological polar surface area (TPSA) is 74.7 Å². The van der Waals surface area contributed by atoms with Crippen molar-refractivity contribution in [2.24, 2.45) is 0 Å². The monoisotopic (exact) mass is 465 g/mol. The van der Waals surface area contributed by atoms with E-state index in [4.69, 9.17) is 0 Å². The summed E-state index contributed by atoms with van der Waals surface area (Å²) in [6.45, 7) is 7.68. The molecule has 1 heterocycles. The van der Waals surface area contributed by atoms with E-state index in [1.165, 1.54) is 4.31 Å². The first-order valence-corrected chi connectivity index (χ1v) is 12.7. The van der Waals surface area contributed by atoms with Crippen LogP contribution in [0, 0.1) is 6.92 Å². The minimum Gasteiger partial charge on any atom is -0.506 e. The molecule has 0 fully saturated rings. The lowest BCUT2D eigenvalue weighted by atomic mass is 9.94. The molecular formula is C27H31NO4S. The standard InChI is InChI=1S/C27H31NO4S/c1-4-11-21-12-9-10-19-28(33(31,32)23-17-15-20(3)16-18-23)26(21)25(24(29)5-2)27(30)22-13-7-6-8-14-22/h4,6-8,13-18,30H,1,5,9-12,19H2,2-3H3. The number of rotatable bonds is 8. The fraction of sp³-hybridized carbons (Fsp3) is 0.296. The first-order chi connectivity index (χ1) is 15.8. The van der Waals surface area contributed by atoms with Gasteiger partial charge in [0.25, 0.3) is 10.0 Å².